The zero-order chi connectivity index (χ0) is 25.0. The van der Waals surface area contributed by atoms with Crippen LogP contribution in [-0.2, 0) is 32.9 Å². The molecule has 180 valence electrons. The second-order valence-electron chi connectivity index (χ2n) is 9.00. The molecule has 0 saturated carbocycles. The van der Waals surface area contributed by atoms with Gasteiger partial charge in [-0.1, -0.05) is 42.5 Å². The molecule has 7 nitrogen and oxygen atoms in total. The molecule has 1 aliphatic rings. The van der Waals surface area contributed by atoms with E-state index in [1.807, 2.05) is 61.5 Å². The molecule has 4 rings (SSSR count). The van der Waals surface area contributed by atoms with Gasteiger partial charge in [0.15, 0.2) is 0 Å². The maximum absolute atomic E-state index is 13.9. The number of methoxy groups -OCH3 is 1. The highest BCUT2D eigenvalue weighted by Gasteiger charge is 2.54. The first-order valence-corrected chi connectivity index (χ1v) is 11.5. The van der Waals surface area contributed by atoms with Gasteiger partial charge in [0.1, 0.15) is 5.75 Å². The van der Waals surface area contributed by atoms with Gasteiger partial charge in [0, 0.05) is 38.8 Å². The van der Waals surface area contributed by atoms with E-state index in [0.717, 1.165) is 22.3 Å². The smallest absolute Gasteiger partial charge is 0.241 e. The lowest BCUT2D eigenvalue weighted by atomic mass is 9.74. The van der Waals surface area contributed by atoms with Gasteiger partial charge in [-0.15, -0.1) is 0 Å². The van der Waals surface area contributed by atoms with E-state index in [2.05, 4.69) is 4.98 Å². The molecule has 2 heterocycles. The average Bonchev–Trinajstić information content (AvgIpc) is 3.09. The van der Waals surface area contributed by atoms with Gasteiger partial charge < -0.3 is 9.64 Å². The Kier molecular flexibility index (Phi) is 6.96. The maximum Gasteiger partial charge on any atom is 0.241 e. The van der Waals surface area contributed by atoms with Gasteiger partial charge in [-0.05, 0) is 47.4 Å². The van der Waals surface area contributed by atoms with Crippen molar-refractivity contribution in [2.45, 2.75) is 38.3 Å². The highest BCUT2D eigenvalue weighted by molar-refractivity contribution is 6.10. The third kappa shape index (κ3) is 4.94. The number of hydrogen-bond donors (Lipinski definition) is 0. The molecule has 2 aromatic carbocycles. The van der Waals surface area contributed by atoms with Gasteiger partial charge in [-0.25, -0.2) is 0 Å². The van der Waals surface area contributed by atoms with E-state index < -0.39 is 5.41 Å². The molecule has 1 aliphatic heterocycles. The summed E-state index contributed by atoms with van der Waals surface area (Å²) < 4.78 is 5.28. The topological polar surface area (TPSA) is 79.8 Å². The first-order valence-electron chi connectivity index (χ1n) is 11.5. The Labute approximate surface area is 205 Å². The Hall–Kier alpha value is -4.00. The minimum atomic E-state index is -1.25. The molecule has 35 heavy (non-hydrogen) atoms. The molecule has 1 fully saturated rings. The Bertz CT molecular complexity index is 1240. The third-order valence-corrected chi connectivity index (χ3v) is 6.57. The highest BCUT2D eigenvalue weighted by Crippen LogP contribution is 2.42. The van der Waals surface area contributed by atoms with E-state index in [0.29, 0.717) is 12.3 Å². The van der Waals surface area contributed by atoms with Crippen LogP contribution in [0, 0.1) is 6.92 Å². The molecule has 3 amide bonds. The second kappa shape index (κ2) is 10.1. The van der Waals surface area contributed by atoms with Crippen LogP contribution < -0.4 is 4.74 Å². The second-order valence-corrected chi connectivity index (χ2v) is 9.00. The van der Waals surface area contributed by atoms with Crippen molar-refractivity contribution in [2.75, 3.05) is 14.2 Å². The summed E-state index contributed by atoms with van der Waals surface area (Å²) in [6, 6.07) is 18.6. The Morgan fingerprint density at radius 3 is 2.57 bits per heavy atom. The summed E-state index contributed by atoms with van der Waals surface area (Å²) in [5.74, 6) is -0.128. The van der Waals surface area contributed by atoms with Crippen molar-refractivity contribution < 1.29 is 19.1 Å². The normalized spacial score (nSPS) is 17.5. The van der Waals surface area contributed by atoms with Crippen molar-refractivity contribution in [3.05, 3.63) is 95.3 Å². The van der Waals surface area contributed by atoms with Crippen molar-refractivity contribution in [2.24, 2.45) is 0 Å². The fourth-order valence-corrected chi connectivity index (χ4v) is 4.71. The monoisotopic (exact) mass is 471 g/mol. The first kappa shape index (κ1) is 24.1. The SMILES string of the molecule is COc1cccc(CN(C)C(=O)C[C@]2(c3ccccc3C)CC(=O)N(Cc3cccnc3)C2=O)c1. The molecule has 7 heteroatoms. The number of nitrogens with zero attached hydrogens (tertiary/aromatic N) is 3. The summed E-state index contributed by atoms with van der Waals surface area (Å²) in [6.07, 6.45) is 3.15. The van der Waals surface area contributed by atoms with E-state index in [4.69, 9.17) is 4.74 Å². The summed E-state index contributed by atoms with van der Waals surface area (Å²) in [4.78, 5) is 47.5. The lowest BCUT2D eigenvalue weighted by Gasteiger charge is -2.30. The standard InChI is InChI=1S/C28H29N3O4/c1-20-8-4-5-12-24(20)28(15-25(32)30(2)18-21-9-6-11-23(14-21)35-3)16-26(33)31(27(28)34)19-22-10-7-13-29-17-22/h4-14,17H,15-16,18-19H2,1-3H3/t28-/m1/s1. The lowest BCUT2D eigenvalue weighted by Crippen LogP contribution is -2.42. The van der Waals surface area contributed by atoms with Crippen molar-refractivity contribution in [1.29, 1.82) is 0 Å². The van der Waals surface area contributed by atoms with E-state index in [9.17, 15) is 14.4 Å². The zero-order valence-corrected chi connectivity index (χ0v) is 20.2. The number of aromatic nitrogens is 1. The van der Waals surface area contributed by atoms with Crippen LogP contribution in [-0.4, -0.2) is 46.7 Å². The molecule has 1 saturated heterocycles. The van der Waals surface area contributed by atoms with Crippen LogP contribution in [0.3, 0.4) is 0 Å². The summed E-state index contributed by atoms with van der Waals surface area (Å²) in [5.41, 5.74) is 2.02. The summed E-state index contributed by atoms with van der Waals surface area (Å²) in [7, 11) is 3.31. The number of ether oxygens (including phenoxy) is 1. The summed E-state index contributed by atoms with van der Waals surface area (Å²) >= 11 is 0. The molecule has 3 aromatic rings. The van der Waals surface area contributed by atoms with Crippen molar-refractivity contribution in [3.63, 3.8) is 0 Å². The van der Waals surface area contributed by atoms with Crippen LogP contribution in [0.2, 0.25) is 0 Å². The van der Waals surface area contributed by atoms with Gasteiger partial charge in [-0.2, -0.15) is 0 Å². The minimum absolute atomic E-state index is 0.0459. The predicted octanol–water partition coefficient (Wildman–Crippen LogP) is 3.64. The third-order valence-electron chi connectivity index (χ3n) is 6.57. The number of carbonyl (C=O) groups is 3. The Morgan fingerprint density at radius 2 is 1.86 bits per heavy atom. The van der Waals surface area contributed by atoms with Crippen molar-refractivity contribution in [1.82, 2.24) is 14.8 Å². The Morgan fingerprint density at radius 1 is 1.09 bits per heavy atom. The number of pyridine rings is 1. The number of benzene rings is 2. The van der Waals surface area contributed by atoms with Crippen LogP contribution in [0.15, 0.2) is 73.1 Å². The molecule has 0 radical (unpaired) electrons. The van der Waals surface area contributed by atoms with Crippen LogP contribution in [0.4, 0.5) is 0 Å². The number of amides is 3. The van der Waals surface area contributed by atoms with Crippen molar-refractivity contribution in [3.8, 4) is 5.75 Å². The van der Waals surface area contributed by atoms with E-state index in [1.54, 1.807) is 37.5 Å². The largest absolute Gasteiger partial charge is 0.497 e. The number of likely N-dealkylation sites (tertiary alicyclic amines) is 1. The van der Waals surface area contributed by atoms with E-state index in [-0.39, 0.29) is 37.1 Å². The molecule has 0 unspecified atom stereocenters. The number of carbonyl (C=O) groups excluding carboxylic acids is 3. The van der Waals surface area contributed by atoms with E-state index in [1.165, 1.54) is 4.90 Å². The van der Waals surface area contributed by atoms with Crippen LogP contribution in [0.25, 0.3) is 0 Å². The highest BCUT2D eigenvalue weighted by atomic mass is 16.5. The number of aryl methyl sites for hydroxylation is 1. The molecular formula is C28H29N3O4. The number of imide groups is 1. The fourth-order valence-electron chi connectivity index (χ4n) is 4.71. The van der Waals surface area contributed by atoms with Crippen molar-refractivity contribution >= 4 is 17.7 Å². The summed E-state index contributed by atoms with van der Waals surface area (Å²) in [6.45, 7) is 2.40. The Balaban J connectivity index is 1.63. The molecule has 1 atom stereocenters. The van der Waals surface area contributed by atoms with E-state index >= 15 is 0 Å². The summed E-state index contributed by atoms with van der Waals surface area (Å²) in [5, 5.41) is 0. The molecule has 1 aromatic heterocycles. The van der Waals surface area contributed by atoms with Gasteiger partial charge in [0.2, 0.25) is 17.7 Å². The van der Waals surface area contributed by atoms with Crippen LogP contribution in [0.1, 0.15) is 35.1 Å². The minimum Gasteiger partial charge on any atom is -0.497 e. The average molecular weight is 472 g/mol. The predicted molar refractivity (Wildman–Crippen MR) is 131 cm³/mol. The lowest BCUT2D eigenvalue weighted by molar-refractivity contribution is -0.143. The molecular weight excluding hydrogens is 442 g/mol. The number of rotatable bonds is 8. The molecule has 0 N–H and O–H groups in total. The fraction of sp³-hybridized carbons (Fsp3) is 0.286. The van der Waals surface area contributed by atoms with Crippen LogP contribution in [0.5, 0.6) is 5.75 Å². The number of hydrogen-bond acceptors (Lipinski definition) is 5. The molecule has 0 aliphatic carbocycles. The molecule has 0 bridgehead atoms. The quantitative estimate of drug-likeness (QED) is 0.469. The maximum atomic E-state index is 13.9. The van der Waals surface area contributed by atoms with Gasteiger partial charge in [0.25, 0.3) is 0 Å². The van der Waals surface area contributed by atoms with Gasteiger partial charge >= 0.3 is 0 Å². The van der Waals surface area contributed by atoms with Gasteiger partial charge in [-0.3, -0.25) is 24.3 Å². The first-order chi connectivity index (χ1) is 16.8. The molecule has 0 spiro atoms. The van der Waals surface area contributed by atoms with Crippen LogP contribution >= 0.6 is 0 Å². The van der Waals surface area contributed by atoms with Gasteiger partial charge in [0.05, 0.1) is 19.1 Å². The zero-order valence-electron chi connectivity index (χ0n) is 20.2.